The second-order valence-corrected chi connectivity index (χ2v) is 5.24. The van der Waals surface area contributed by atoms with Crippen LogP contribution in [0.4, 0.5) is 0 Å². The van der Waals surface area contributed by atoms with Gasteiger partial charge < -0.3 is 15.0 Å². The summed E-state index contributed by atoms with van der Waals surface area (Å²) in [5, 5.41) is 4.00. The molecule has 0 bridgehead atoms. The number of nitrogens with one attached hydrogen (secondary N) is 1. The smallest absolute Gasteiger partial charge is 0.224 e. The van der Waals surface area contributed by atoms with Crippen molar-refractivity contribution in [2.24, 2.45) is 0 Å². The number of carbonyl (C=O) groups excluding carboxylic acids is 1. The molecule has 5 heteroatoms. The molecule has 1 aromatic carbocycles. The molecule has 2 rings (SSSR count). The van der Waals surface area contributed by atoms with Crippen LogP contribution in [0.25, 0.3) is 0 Å². The molecule has 1 N–H and O–H groups in total. The van der Waals surface area contributed by atoms with Crippen LogP contribution in [0.1, 0.15) is 12.0 Å². The summed E-state index contributed by atoms with van der Waals surface area (Å²) in [5.41, 5.74) is 1.08. The van der Waals surface area contributed by atoms with Gasteiger partial charge in [-0.3, -0.25) is 4.79 Å². The van der Waals surface area contributed by atoms with Gasteiger partial charge in [0.15, 0.2) is 0 Å². The fourth-order valence-corrected chi connectivity index (χ4v) is 2.20. The molecule has 1 aliphatic rings. The van der Waals surface area contributed by atoms with Crippen molar-refractivity contribution < 1.29 is 9.53 Å². The topological polar surface area (TPSA) is 41.6 Å². The SMILES string of the molecule is CN(Cc1ccc(Cl)cc1)C(=O)CC1COCCN1. The van der Waals surface area contributed by atoms with Crippen molar-refractivity contribution in [3.05, 3.63) is 34.9 Å². The van der Waals surface area contributed by atoms with Crippen LogP contribution >= 0.6 is 11.6 Å². The van der Waals surface area contributed by atoms with Crippen molar-refractivity contribution >= 4 is 17.5 Å². The largest absolute Gasteiger partial charge is 0.378 e. The molecule has 1 unspecified atom stereocenters. The Balaban J connectivity index is 1.83. The number of ether oxygens (including phenoxy) is 1. The zero-order valence-electron chi connectivity index (χ0n) is 11.1. The molecule has 1 heterocycles. The van der Waals surface area contributed by atoms with Crippen LogP contribution in [0, 0.1) is 0 Å². The van der Waals surface area contributed by atoms with Crippen LogP contribution in [-0.4, -0.2) is 43.7 Å². The van der Waals surface area contributed by atoms with E-state index in [-0.39, 0.29) is 11.9 Å². The van der Waals surface area contributed by atoms with Crippen molar-refractivity contribution in [3.63, 3.8) is 0 Å². The molecule has 1 aliphatic heterocycles. The molecular weight excluding hydrogens is 264 g/mol. The molecule has 0 radical (unpaired) electrons. The average molecular weight is 283 g/mol. The number of amides is 1. The lowest BCUT2D eigenvalue weighted by molar-refractivity contribution is -0.131. The van der Waals surface area contributed by atoms with Gasteiger partial charge in [0.25, 0.3) is 0 Å². The highest BCUT2D eigenvalue weighted by Gasteiger charge is 2.19. The van der Waals surface area contributed by atoms with Crippen molar-refractivity contribution in [1.82, 2.24) is 10.2 Å². The summed E-state index contributed by atoms with van der Waals surface area (Å²) in [6.45, 7) is 2.76. The first kappa shape index (κ1) is 14.3. The number of hydrogen-bond donors (Lipinski definition) is 1. The predicted octanol–water partition coefficient (Wildman–Crippen LogP) is 1.68. The van der Waals surface area contributed by atoms with E-state index in [1.165, 1.54) is 0 Å². The van der Waals surface area contributed by atoms with Crippen LogP contribution in [0.15, 0.2) is 24.3 Å². The van der Waals surface area contributed by atoms with Crippen LogP contribution < -0.4 is 5.32 Å². The monoisotopic (exact) mass is 282 g/mol. The lowest BCUT2D eigenvalue weighted by Crippen LogP contribution is -2.44. The van der Waals surface area contributed by atoms with Crippen LogP contribution in [-0.2, 0) is 16.1 Å². The van der Waals surface area contributed by atoms with Crippen LogP contribution in [0.2, 0.25) is 5.02 Å². The van der Waals surface area contributed by atoms with Crippen LogP contribution in [0.5, 0.6) is 0 Å². The van der Waals surface area contributed by atoms with Crippen LogP contribution in [0.3, 0.4) is 0 Å². The maximum atomic E-state index is 12.1. The van der Waals surface area contributed by atoms with E-state index in [9.17, 15) is 4.79 Å². The molecule has 0 spiro atoms. The average Bonchev–Trinajstić information content (AvgIpc) is 2.42. The molecule has 0 aliphatic carbocycles. The van der Waals surface area contributed by atoms with Gasteiger partial charge in [-0.15, -0.1) is 0 Å². The Hall–Kier alpha value is -1.10. The lowest BCUT2D eigenvalue weighted by atomic mass is 10.1. The second-order valence-electron chi connectivity index (χ2n) is 4.81. The highest BCUT2D eigenvalue weighted by atomic mass is 35.5. The number of nitrogens with zero attached hydrogens (tertiary/aromatic N) is 1. The first-order valence-corrected chi connectivity index (χ1v) is 6.82. The molecule has 1 atom stereocenters. The molecule has 0 saturated carbocycles. The van der Waals surface area contributed by atoms with E-state index in [4.69, 9.17) is 16.3 Å². The van der Waals surface area contributed by atoms with Gasteiger partial charge in [-0.2, -0.15) is 0 Å². The van der Waals surface area contributed by atoms with E-state index in [1.807, 2.05) is 31.3 Å². The molecule has 104 valence electrons. The third-order valence-electron chi connectivity index (χ3n) is 3.18. The standard InChI is InChI=1S/C14H19ClN2O2/c1-17(9-11-2-4-12(15)5-3-11)14(18)8-13-10-19-7-6-16-13/h2-5,13,16H,6-10H2,1H3. The Morgan fingerprint density at radius 2 is 2.21 bits per heavy atom. The van der Waals surface area contributed by atoms with E-state index >= 15 is 0 Å². The fraction of sp³-hybridized carbons (Fsp3) is 0.500. The van der Waals surface area contributed by atoms with E-state index < -0.39 is 0 Å². The molecule has 0 aromatic heterocycles. The van der Waals surface area contributed by atoms with Gasteiger partial charge in [0.2, 0.25) is 5.91 Å². The van der Waals surface area contributed by atoms with Gasteiger partial charge in [0, 0.05) is 37.6 Å². The molecule has 1 saturated heterocycles. The summed E-state index contributed by atoms with van der Waals surface area (Å²) in [7, 11) is 1.82. The predicted molar refractivity (Wildman–Crippen MR) is 75.2 cm³/mol. The quantitative estimate of drug-likeness (QED) is 0.914. The van der Waals surface area contributed by atoms with Gasteiger partial charge in [-0.25, -0.2) is 0 Å². The van der Waals surface area contributed by atoms with E-state index in [0.717, 1.165) is 18.7 Å². The normalized spacial score (nSPS) is 19.2. The highest BCUT2D eigenvalue weighted by molar-refractivity contribution is 6.30. The van der Waals surface area contributed by atoms with Crippen molar-refractivity contribution in [2.45, 2.75) is 19.0 Å². The minimum atomic E-state index is 0.123. The highest BCUT2D eigenvalue weighted by Crippen LogP contribution is 2.12. The summed E-state index contributed by atoms with van der Waals surface area (Å²) in [6, 6.07) is 7.69. The number of halogens is 1. The Labute approximate surface area is 118 Å². The maximum Gasteiger partial charge on any atom is 0.224 e. The molecule has 1 aromatic rings. The minimum absolute atomic E-state index is 0.123. The zero-order chi connectivity index (χ0) is 13.7. The van der Waals surface area contributed by atoms with Gasteiger partial charge in [-0.1, -0.05) is 23.7 Å². The Morgan fingerprint density at radius 1 is 1.47 bits per heavy atom. The first-order chi connectivity index (χ1) is 9.15. The summed E-state index contributed by atoms with van der Waals surface area (Å²) in [5.74, 6) is 0.123. The van der Waals surface area contributed by atoms with Gasteiger partial charge in [0.1, 0.15) is 0 Å². The third kappa shape index (κ3) is 4.49. The number of hydrogen-bond acceptors (Lipinski definition) is 3. The molecule has 19 heavy (non-hydrogen) atoms. The summed E-state index contributed by atoms with van der Waals surface area (Å²) in [6.07, 6.45) is 0.476. The van der Waals surface area contributed by atoms with E-state index in [2.05, 4.69) is 5.32 Å². The number of benzene rings is 1. The third-order valence-corrected chi connectivity index (χ3v) is 3.43. The van der Waals surface area contributed by atoms with Crippen molar-refractivity contribution in [1.29, 1.82) is 0 Å². The summed E-state index contributed by atoms with van der Waals surface area (Å²) >= 11 is 5.84. The zero-order valence-corrected chi connectivity index (χ0v) is 11.8. The molecule has 4 nitrogen and oxygen atoms in total. The maximum absolute atomic E-state index is 12.1. The number of rotatable bonds is 4. The van der Waals surface area contributed by atoms with Crippen molar-refractivity contribution in [2.75, 3.05) is 26.8 Å². The molecule has 1 fully saturated rings. The number of morpholine rings is 1. The Morgan fingerprint density at radius 3 is 2.84 bits per heavy atom. The molecular formula is C14H19ClN2O2. The summed E-state index contributed by atoms with van der Waals surface area (Å²) in [4.78, 5) is 13.8. The Kier molecular flexibility index (Phi) is 5.19. The van der Waals surface area contributed by atoms with Crippen molar-refractivity contribution in [3.8, 4) is 0 Å². The Bertz CT molecular complexity index is 416. The van der Waals surface area contributed by atoms with Gasteiger partial charge >= 0.3 is 0 Å². The van der Waals surface area contributed by atoms with Gasteiger partial charge in [0.05, 0.1) is 13.2 Å². The number of carbonyl (C=O) groups is 1. The summed E-state index contributed by atoms with van der Waals surface area (Å²) < 4.78 is 5.35. The minimum Gasteiger partial charge on any atom is -0.378 e. The second kappa shape index (κ2) is 6.89. The first-order valence-electron chi connectivity index (χ1n) is 6.44. The molecule has 1 amide bonds. The van der Waals surface area contributed by atoms with Gasteiger partial charge in [-0.05, 0) is 17.7 Å². The fourth-order valence-electron chi connectivity index (χ4n) is 2.07. The van der Waals surface area contributed by atoms with E-state index in [0.29, 0.717) is 24.6 Å². The lowest BCUT2D eigenvalue weighted by Gasteiger charge is -2.25. The van der Waals surface area contributed by atoms with E-state index in [1.54, 1.807) is 4.90 Å².